The molecule has 0 fully saturated rings. The van der Waals surface area contributed by atoms with Gasteiger partial charge in [0, 0.05) is 45.5 Å². The van der Waals surface area contributed by atoms with E-state index in [-0.39, 0.29) is 29.5 Å². The molecule has 0 atom stereocenters. The van der Waals surface area contributed by atoms with Gasteiger partial charge < -0.3 is 14.8 Å². The molecule has 136 valence electrons. The molecule has 6 heteroatoms. The van der Waals surface area contributed by atoms with Gasteiger partial charge in [-0.2, -0.15) is 0 Å². The van der Waals surface area contributed by atoms with Crippen molar-refractivity contribution in [1.82, 2.24) is 14.8 Å². The van der Waals surface area contributed by atoms with E-state index >= 15 is 0 Å². The van der Waals surface area contributed by atoms with Crippen molar-refractivity contribution in [2.45, 2.75) is 39.2 Å². The predicted octanol–water partition coefficient (Wildman–Crippen LogP) is 3.11. The van der Waals surface area contributed by atoms with Crippen molar-refractivity contribution in [3.05, 3.63) is 47.4 Å². The maximum atomic E-state index is 11.6. The van der Waals surface area contributed by atoms with Gasteiger partial charge in [-0.3, -0.25) is 9.79 Å². The van der Waals surface area contributed by atoms with Crippen molar-refractivity contribution < 1.29 is 0 Å². The van der Waals surface area contributed by atoms with Gasteiger partial charge in [-0.25, -0.2) is 0 Å². The van der Waals surface area contributed by atoms with E-state index in [4.69, 9.17) is 0 Å². The number of guanidine groups is 1. The summed E-state index contributed by atoms with van der Waals surface area (Å²) >= 11 is 0. The zero-order valence-corrected chi connectivity index (χ0v) is 17.2. The van der Waals surface area contributed by atoms with Crippen molar-refractivity contribution in [2.24, 2.45) is 4.99 Å². The largest absolute Gasteiger partial charge is 0.357 e. The van der Waals surface area contributed by atoms with Crippen molar-refractivity contribution in [3.8, 4) is 0 Å². The first-order chi connectivity index (χ1) is 11.2. The van der Waals surface area contributed by atoms with Crippen LogP contribution < -0.4 is 10.9 Å². The van der Waals surface area contributed by atoms with Gasteiger partial charge in [0.15, 0.2) is 5.96 Å². The standard InChI is InChI=1S/C18H30N4O.HI/c1-4-6-9-14-21(3)18(19-5-2)20-13-8-11-16-22-15-10-7-12-17(22)23;/h4,7,10,12,15H,1,5-6,8-9,11,13-14,16H2,2-3H3,(H,19,20);1H. The number of hydrogen-bond donors (Lipinski definition) is 1. The fourth-order valence-electron chi connectivity index (χ4n) is 2.27. The van der Waals surface area contributed by atoms with Gasteiger partial charge >= 0.3 is 0 Å². The molecule has 0 radical (unpaired) electrons. The van der Waals surface area contributed by atoms with E-state index in [9.17, 15) is 4.79 Å². The normalized spacial score (nSPS) is 10.8. The number of halogens is 1. The molecule has 1 aromatic rings. The van der Waals surface area contributed by atoms with Crippen molar-refractivity contribution in [3.63, 3.8) is 0 Å². The average Bonchev–Trinajstić information content (AvgIpc) is 2.55. The van der Waals surface area contributed by atoms with Gasteiger partial charge in [0.1, 0.15) is 0 Å². The molecule has 1 N–H and O–H groups in total. The van der Waals surface area contributed by atoms with E-state index < -0.39 is 0 Å². The highest BCUT2D eigenvalue weighted by Gasteiger charge is 2.04. The lowest BCUT2D eigenvalue weighted by Crippen LogP contribution is -2.39. The summed E-state index contributed by atoms with van der Waals surface area (Å²) in [5.74, 6) is 0.952. The van der Waals surface area contributed by atoms with Gasteiger partial charge in [-0.15, -0.1) is 30.6 Å². The Morgan fingerprint density at radius 3 is 2.83 bits per heavy atom. The lowest BCUT2D eigenvalue weighted by Gasteiger charge is -2.21. The van der Waals surface area contributed by atoms with Crippen LogP contribution in [0.25, 0.3) is 0 Å². The summed E-state index contributed by atoms with van der Waals surface area (Å²) < 4.78 is 1.75. The number of nitrogens with zero attached hydrogens (tertiary/aromatic N) is 3. The van der Waals surface area contributed by atoms with Crippen LogP contribution in [0.4, 0.5) is 0 Å². The molecule has 1 aromatic heterocycles. The first kappa shape index (κ1) is 22.7. The number of nitrogens with one attached hydrogen (secondary N) is 1. The number of allylic oxidation sites excluding steroid dienone is 1. The van der Waals surface area contributed by atoms with Gasteiger partial charge in [0.25, 0.3) is 0 Å². The molecule has 0 unspecified atom stereocenters. The van der Waals surface area contributed by atoms with Crippen LogP contribution in [0.15, 0.2) is 46.8 Å². The molecule has 0 saturated heterocycles. The molecule has 1 rings (SSSR count). The topological polar surface area (TPSA) is 49.6 Å². The second-order valence-corrected chi connectivity index (χ2v) is 5.53. The summed E-state index contributed by atoms with van der Waals surface area (Å²) in [4.78, 5) is 18.4. The maximum Gasteiger partial charge on any atom is 0.250 e. The number of hydrogen-bond acceptors (Lipinski definition) is 2. The number of unbranched alkanes of at least 4 members (excludes halogenated alkanes) is 2. The summed E-state index contributed by atoms with van der Waals surface area (Å²) in [6.07, 6.45) is 7.81. The number of aromatic nitrogens is 1. The molecule has 0 aromatic carbocycles. The van der Waals surface area contributed by atoms with E-state index in [1.54, 1.807) is 16.7 Å². The fraction of sp³-hybridized carbons (Fsp3) is 0.556. The molecular formula is C18H31IN4O. The van der Waals surface area contributed by atoms with E-state index in [1.165, 1.54) is 0 Å². The van der Waals surface area contributed by atoms with Crippen LogP contribution in [0, 0.1) is 0 Å². The molecule has 0 bridgehead atoms. The average molecular weight is 446 g/mol. The van der Waals surface area contributed by atoms with Crippen molar-refractivity contribution in [2.75, 3.05) is 26.7 Å². The molecule has 24 heavy (non-hydrogen) atoms. The van der Waals surface area contributed by atoms with Crippen LogP contribution in [0.1, 0.15) is 32.6 Å². The lowest BCUT2D eigenvalue weighted by molar-refractivity contribution is 0.469. The van der Waals surface area contributed by atoms with E-state index in [0.717, 1.165) is 57.8 Å². The molecule has 1 heterocycles. The van der Waals surface area contributed by atoms with Crippen LogP contribution in [0.5, 0.6) is 0 Å². The quantitative estimate of drug-likeness (QED) is 0.198. The van der Waals surface area contributed by atoms with Crippen LogP contribution in [-0.4, -0.2) is 42.1 Å². The number of aliphatic imine (C=N–C) groups is 1. The Labute approximate surface area is 162 Å². The maximum absolute atomic E-state index is 11.6. The third kappa shape index (κ3) is 9.10. The Morgan fingerprint density at radius 1 is 1.38 bits per heavy atom. The lowest BCUT2D eigenvalue weighted by atomic mass is 10.3. The van der Waals surface area contributed by atoms with Crippen molar-refractivity contribution in [1.29, 1.82) is 0 Å². The SMILES string of the molecule is C=CCCCN(C)C(=NCCCCn1ccccc1=O)NCC.I. The first-order valence-corrected chi connectivity index (χ1v) is 8.44. The summed E-state index contributed by atoms with van der Waals surface area (Å²) in [5, 5.41) is 3.32. The minimum Gasteiger partial charge on any atom is -0.357 e. The zero-order chi connectivity index (χ0) is 16.9. The molecular weight excluding hydrogens is 415 g/mol. The third-order valence-electron chi connectivity index (χ3n) is 3.57. The molecule has 0 saturated carbocycles. The highest BCUT2D eigenvalue weighted by molar-refractivity contribution is 14.0. The Bertz CT molecular complexity index is 542. The smallest absolute Gasteiger partial charge is 0.250 e. The predicted molar refractivity (Wildman–Crippen MR) is 113 cm³/mol. The molecule has 0 amide bonds. The second-order valence-electron chi connectivity index (χ2n) is 5.53. The molecule has 5 nitrogen and oxygen atoms in total. The van der Waals surface area contributed by atoms with E-state index in [2.05, 4.69) is 35.8 Å². The monoisotopic (exact) mass is 446 g/mol. The van der Waals surface area contributed by atoms with Gasteiger partial charge in [-0.05, 0) is 38.7 Å². The summed E-state index contributed by atoms with van der Waals surface area (Å²) in [6, 6.07) is 5.26. The first-order valence-electron chi connectivity index (χ1n) is 8.44. The van der Waals surface area contributed by atoms with Crippen LogP contribution in [0.2, 0.25) is 0 Å². The molecule has 0 spiro atoms. The van der Waals surface area contributed by atoms with Crippen molar-refractivity contribution >= 4 is 29.9 Å². The number of rotatable bonds is 10. The third-order valence-corrected chi connectivity index (χ3v) is 3.57. The number of aryl methyl sites for hydroxylation is 1. The zero-order valence-electron chi connectivity index (χ0n) is 14.9. The molecule has 0 aliphatic carbocycles. The minimum absolute atomic E-state index is 0. The van der Waals surface area contributed by atoms with E-state index in [1.807, 2.05) is 18.3 Å². The molecule has 0 aliphatic heterocycles. The fourth-order valence-corrected chi connectivity index (χ4v) is 2.27. The second kappa shape index (κ2) is 14.1. The number of pyridine rings is 1. The van der Waals surface area contributed by atoms with Crippen LogP contribution >= 0.6 is 24.0 Å². The van der Waals surface area contributed by atoms with E-state index in [0.29, 0.717) is 0 Å². The van der Waals surface area contributed by atoms with Crippen LogP contribution in [-0.2, 0) is 6.54 Å². The summed E-state index contributed by atoms with van der Waals surface area (Å²) in [6.45, 7) is 9.19. The molecule has 0 aliphatic rings. The van der Waals surface area contributed by atoms with Crippen LogP contribution in [0.3, 0.4) is 0 Å². The Morgan fingerprint density at radius 2 is 2.17 bits per heavy atom. The van der Waals surface area contributed by atoms with Gasteiger partial charge in [-0.1, -0.05) is 12.1 Å². The van der Waals surface area contributed by atoms with Gasteiger partial charge in [0.2, 0.25) is 5.56 Å². The Kier molecular flexibility index (Phi) is 13.3. The Balaban J connectivity index is 0.00000529. The van der Waals surface area contributed by atoms with Gasteiger partial charge in [0.05, 0.1) is 0 Å². The highest BCUT2D eigenvalue weighted by atomic mass is 127. The minimum atomic E-state index is 0. The summed E-state index contributed by atoms with van der Waals surface area (Å²) in [7, 11) is 2.06. The summed E-state index contributed by atoms with van der Waals surface area (Å²) in [5.41, 5.74) is 0.0614. The Hall–Kier alpha value is -1.31. The highest BCUT2D eigenvalue weighted by Crippen LogP contribution is 1.97.